The van der Waals surface area contributed by atoms with Crippen molar-refractivity contribution < 1.29 is 13.5 Å². The minimum atomic E-state index is -0.908. The molecule has 8 heteroatoms. The van der Waals surface area contributed by atoms with E-state index in [2.05, 4.69) is 34.4 Å². The van der Waals surface area contributed by atoms with Crippen molar-refractivity contribution >= 4 is 29.9 Å². The summed E-state index contributed by atoms with van der Waals surface area (Å²) in [6, 6.07) is 3.94. The second kappa shape index (κ2) is 13.1. The fraction of sp³-hybridized carbons (Fsp3) is 0.650. The molecular formula is C20H33F2IN4O. The molecule has 1 aliphatic rings. The first-order chi connectivity index (χ1) is 13.0. The molecule has 0 spiro atoms. The van der Waals surface area contributed by atoms with Gasteiger partial charge in [0.1, 0.15) is 12.4 Å². The van der Waals surface area contributed by atoms with Gasteiger partial charge in [-0.05, 0) is 37.8 Å². The van der Waals surface area contributed by atoms with Gasteiger partial charge in [-0.2, -0.15) is 0 Å². The molecule has 0 amide bonds. The Kier molecular flexibility index (Phi) is 11.7. The Bertz CT molecular complexity index is 608. The number of ether oxygens (including phenoxy) is 1. The lowest BCUT2D eigenvalue weighted by Crippen LogP contribution is -2.49. The van der Waals surface area contributed by atoms with Gasteiger partial charge in [0.2, 0.25) is 0 Å². The molecule has 5 nitrogen and oxygen atoms in total. The Morgan fingerprint density at radius 3 is 2.57 bits per heavy atom. The topological polar surface area (TPSA) is 48.9 Å². The molecule has 0 bridgehead atoms. The number of guanidine groups is 1. The fourth-order valence-corrected chi connectivity index (χ4v) is 3.18. The molecule has 0 atom stereocenters. The highest BCUT2D eigenvalue weighted by Crippen LogP contribution is 2.15. The van der Waals surface area contributed by atoms with Crippen LogP contribution < -0.4 is 15.4 Å². The second-order valence-electron chi connectivity index (χ2n) is 7.30. The number of nitrogens with zero attached hydrogens (tertiary/aromatic N) is 2. The summed E-state index contributed by atoms with van der Waals surface area (Å²) in [5, 5.41) is 6.74. The van der Waals surface area contributed by atoms with E-state index in [1.807, 2.05) is 6.92 Å². The van der Waals surface area contributed by atoms with E-state index in [1.54, 1.807) is 0 Å². The first kappa shape index (κ1) is 24.9. The van der Waals surface area contributed by atoms with Crippen LogP contribution in [0.25, 0.3) is 0 Å². The monoisotopic (exact) mass is 510 g/mol. The van der Waals surface area contributed by atoms with Gasteiger partial charge >= 0.3 is 0 Å². The Labute approximate surface area is 184 Å². The molecule has 0 aromatic heterocycles. The van der Waals surface area contributed by atoms with Crippen LogP contribution in [0.2, 0.25) is 0 Å². The summed E-state index contributed by atoms with van der Waals surface area (Å²) in [7, 11) is 0. The molecule has 1 aromatic carbocycles. The second-order valence-corrected chi connectivity index (χ2v) is 7.30. The summed E-state index contributed by atoms with van der Waals surface area (Å²) in [4.78, 5) is 7.03. The highest BCUT2D eigenvalue weighted by Gasteiger charge is 2.20. The SMILES string of the molecule is CCNC(=NCCOc1ccc(F)c(F)c1)NC1CCN(CC(C)C)CC1.I. The molecule has 160 valence electrons. The third kappa shape index (κ3) is 8.89. The highest BCUT2D eigenvalue weighted by atomic mass is 127. The Hall–Kier alpha value is -1.16. The molecule has 0 radical (unpaired) electrons. The van der Waals surface area contributed by atoms with Crippen LogP contribution >= 0.6 is 24.0 Å². The van der Waals surface area contributed by atoms with E-state index in [4.69, 9.17) is 4.74 Å². The third-order valence-electron chi connectivity index (χ3n) is 4.42. The quantitative estimate of drug-likeness (QED) is 0.243. The fourth-order valence-electron chi connectivity index (χ4n) is 3.18. The lowest BCUT2D eigenvalue weighted by molar-refractivity contribution is 0.187. The Morgan fingerprint density at radius 2 is 1.96 bits per heavy atom. The first-order valence-electron chi connectivity index (χ1n) is 9.83. The first-order valence-corrected chi connectivity index (χ1v) is 9.83. The van der Waals surface area contributed by atoms with Gasteiger partial charge < -0.3 is 20.3 Å². The van der Waals surface area contributed by atoms with Crippen molar-refractivity contribution in [3.8, 4) is 5.75 Å². The molecule has 1 aliphatic heterocycles. The average Bonchev–Trinajstić information content (AvgIpc) is 2.63. The normalized spacial score (nSPS) is 16.0. The van der Waals surface area contributed by atoms with Crippen LogP contribution in [-0.4, -0.2) is 56.2 Å². The number of hydrogen-bond acceptors (Lipinski definition) is 3. The maximum Gasteiger partial charge on any atom is 0.191 e. The molecule has 28 heavy (non-hydrogen) atoms. The molecule has 1 saturated heterocycles. The lowest BCUT2D eigenvalue weighted by atomic mass is 10.0. The summed E-state index contributed by atoms with van der Waals surface area (Å²) in [5.41, 5.74) is 0. The predicted octanol–water partition coefficient (Wildman–Crippen LogP) is 3.64. The lowest BCUT2D eigenvalue weighted by Gasteiger charge is -2.34. The van der Waals surface area contributed by atoms with Crippen LogP contribution in [0.3, 0.4) is 0 Å². The van der Waals surface area contributed by atoms with Crippen molar-refractivity contribution in [1.82, 2.24) is 15.5 Å². The number of rotatable bonds is 8. The summed E-state index contributed by atoms with van der Waals surface area (Å²) in [5.74, 6) is -0.00971. The molecule has 0 saturated carbocycles. The molecule has 1 heterocycles. The molecule has 1 aromatic rings. The number of benzene rings is 1. The minimum Gasteiger partial charge on any atom is -0.492 e. The zero-order chi connectivity index (χ0) is 19.6. The average molecular weight is 510 g/mol. The van der Waals surface area contributed by atoms with E-state index in [0.29, 0.717) is 30.9 Å². The van der Waals surface area contributed by atoms with E-state index >= 15 is 0 Å². The zero-order valence-corrected chi connectivity index (χ0v) is 19.3. The van der Waals surface area contributed by atoms with Crippen molar-refractivity contribution in [3.05, 3.63) is 29.8 Å². The van der Waals surface area contributed by atoms with E-state index in [0.717, 1.165) is 57.1 Å². The molecule has 1 fully saturated rings. The van der Waals surface area contributed by atoms with Gasteiger partial charge in [-0.25, -0.2) is 13.8 Å². The van der Waals surface area contributed by atoms with Crippen molar-refractivity contribution in [3.63, 3.8) is 0 Å². The smallest absolute Gasteiger partial charge is 0.191 e. The van der Waals surface area contributed by atoms with E-state index in [1.165, 1.54) is 6.07 Å². The Morgan fingerprint density at radius 1 is 1.25 bits per heavy atom. The highest BCUT2D eigenvalue weighted by molar-refractivity contribution is 14.0. The maximum absolute atomic E-state index is 13.2. The maximum atomic E-state index is 13.2. The molecular weight excluding hydrogens is 477 g/mol. The van der Waals surface area contributed by atoms with Crippen LogP contribution in [0.1, 0.15) is 33.6 Å². The Balaban J connectivity index is 0.00000392. The summed E-state index contributed by atoms with van der Waals surface area (Å²) in [6.07, 6.45) is 2.20. The third-order valence-corrected chi connectivity index (χ3v) is 4.42. The number of aliphatic imine (C=N–C) groups is 1. The number of hydrogen-bond donors (Lipinski definition) is 2. The van der Waals surface area contributed by atoms with Gasteiger partial charge in [-0.3, -0.25) is 0 Å². The van der Waals surface area contributed by atoms with Gasteiger partial charge in [-0.1, -0.05) is 13.8 Å². The zero-order valence-electron chi connectivity index (χ0n) is 17.0. The molecule has 0 aliphatic carbocycles. The number of halogens is 3. The van der Waals surface area contributed by atoms with E-state index < -0.39 is 11.6 Å². The summed E-state index contributed by atoms with van der Waals surface area (Å²) >= 11 is 0. The van der Waals surface area contributed by atoms with Gasteiger partial charge in [0.15, 0.2) is 17.6 Å². The summed E-state index contributed by atoms with van der Waals surface area (Å²) in [6.45, 7) is 11.4. The van der Waals surface area contributed by atoms with Crippen LogP contribution in [0.5, 0.6) is 5.75 Å². The van der Waals surface area contributed by atoms with Gasteiger partial charge in [0.05, 0.1) is 6.54 Å². The van der Waals surface area contributed by atoms with E-state index in [-0.39, 0.29) is 24.0 Å². The van der Waals surface area contributed by atoms with Gasteiger partial charge in [-0.15, -0.1) is 24.0 Å². The van der Waals surface area contributed by atoms with Crippen LogP contribution in [0.4, 0.5) is 8.78 Å². The van der Waals surface area contributed by atoms with Crippen molar-refractivity contribution in [2.75, 3.05) is 39.3 Å². The minimum absolute atomic E-state index is 0. The van der Waals surface area contributed by atoms with Crippen LogP contribution in [0, 0.1) is 17.6 Å². The molecule has 2 rings (SSSR count). The van der Waals surface area contributed by atoms with Gasteiger partial charge in [0.25, 0.3) is 0 Å². The number of piperidine rings is 1. The molecule has 2 N–H and O–H groups in total. The van der Waals surface area contributed by atoms with Crippen molar-refractivity contribution in [2.24, 2.45) is 10.9 Å². The standard InChI is InChI=1S/C20H32F2N4O.HI/c1-4-23-20(25-16-7-10-26(11-8-16)14-15(2)3)24-9-12-27-17-5-6-18(21)19(22)13-17;/h5-6,13,15-16H,4,7-12,14H2,1-3H3,(H2,23,24,25);1H. The van der Waals surface area contributed by atoms with Crippen LogP contribution in [0.15, 0.2) is 23.2 Å². The number of nitrogens with one attached hydrogen (secondary N) is 2. The number of likely N-dealkylation sites (tertiary alicyclic amines) is 1. The van der Waals surface area contributed by atoms with Crippen LogP contribution in [-0.2, 0) is 0 Å². The van der Waals surface area contributed by atoms with Crippen molar-refractivity contribution in [1.29, 1.82) is 0 Å². The molecule has 0 unspecified atom stereocenters. The summed E-state index contributed by atoms with van der Waals surface area (Å²) < 4.78 is 31.5. The largest absolute Gasteiger partial charge is 0.492 e. The van der Waals surface area contributed by atoms with E-state index in [9.17, 15) is 8.78 Å². The van der Waals surface area contributed by atoms with Crippen molar-refractivity contribution in [2.45, 2.75) is 39.7 Å². The van der Waals surface area contributed by atoms with Gasteiger partial charge in [0, 0.05) is 38.3 Å². The predicted molar refractivity (Wildman–Crippen MR) is 121 cm³/mol.